The first-order chi connectivity index (χ1) is 13.9. The highest BCUT2D eigenvalue weighted by atomic mass is 16.1. The first-order valence-corrected chi connectivity index (χ1v) is 8.91. The summed E-state index contributed by atoms with van der Waals surface area (Å²) >= 11 is 0. The molecule has 0 aliphatic rings. The number of nitrogens with one attached hydrogen (secondary N) is 1. The van der Waals surface area contributed by atoms with Crippen molar-refractivity contribution >= 4 is 23.1 Å². The van der Waals surface area contributed by atoms with Crippen molar-refractivity contribution in [3.63, 3.8) is 0 Å². The Hall–Kier alpha value is -4.07. The standard InChI is InChI=1S/C21H18N6O2/c1-12-4-3-5-17(25-12)20-16(8-15(9-24-20)26-13(2)28)14-6-7-19-23-10-18(21(22)29)27(19)11-14/h3-11H,1-2H3,(H2,22,29)(H,26,28). The van der Waals surface area contributed by atoms with Crippen LogP contribution in [0, 0.1) is 6.92 Å². The zero-order valence-electron chi connectivity index (χ0n) is 15.9. The molecule has 0 saturated heterocycles. The number of aromatic nitrogens is 4. The van der Waals surface area contributed by atoms with E-state index < -0.39 is 5.91 Å². The van der Waals surface area contributed by atoms with Crippen LogP contribution in [-0.4, -0.2) is 31.2 Å². The predicted octanol–water partition coefficient (Wildman–Crippen LogP) is 2.82. The number of carbonyl (C=O) groups excluding carboxylic acids is 2. The Labute approximate surface area is 166 Å². The minimum absolute atomic E-state index is 0.194. The molecule has 29 heavy (non-hydrogen) atoms. The van der Waals surface area contributed by atoms with Crippen LogP contribution in [-0.2, 0) is 4.79 Å². The van der Waals surface area contributed by atoms with Crippen LogP contribution >= 0.6 is 0 Å². The number of amides is 2. The molecule has 0 saturated carbocycles. The van der Waals surface area contributed by atoms with E-state index in [4.69, 9.17) is 5.73 Å². The Morgan fingerprint density at radius 2 is 1.93 bits per heavy atom. The van der Waals surface area contributed by atoms with Gasteiger partial charge in [0.2, 0.25) is 5.91 Å². The number of primary amides is 1. The van der Waals surface area contributed by atoms with Gasteiger partial charge in [0.1, 0.15) is 11.3 Å². The molecule has 0 unspecified atom stereocenters. The summed E-state index contributed by atoms with van der Waals surface area (Å²) in [5.41, 5.74) is 10.6. The van der Waals surface area contributed by atoms with Gasteiger partial charge in [-0.05, 0) is 37.3 Å². The maximum Gasteiger partial charge on any atom is 0.267 e. The zero-order valence-corrected chi connectivity index (χ0v) is 15.9. The molecule has 0 aliphatic heterocycles. The lowest BCUT2D eigenvalue weighted by Crippen LogP contribution is -2.13. The fraction of sp³-hybridized carbons (Fsp3) is 0.0952. The van der Waals surface area contributed by atoms with Gasteiger partial charge in [0.05, 0.1) is 29.5 Å². The first kappa shape index (κ1) is 18.3. The number of fused-ring (bicyclic) bond motifs is 1. The third kappa shape index (κ3) is 3.55. The van der Waals surface area contributed by atoms with E-state index in [0.29, 0.717) is 22.7 Å². The van der Waals surface area contributed by atoms with Crippen molar-refractivity contribution in [2.45, 2.75) is 13.8 Å². The van der Waals surface area contributed by atoms with Gasteiger partial charge in [-0.1, -0.05) is 6.07 Å². The highest BCUT2D eigenvalue weighted by Gasteiger charge is 2.15. The molecule has 0 fully saturated rings. The predicted molar refractivity (Wildman–Crippen MR) is 109 cm³/mol. The van der Waals surface area contributed by atoms with Gasteiger partial charge in [0, 0.05) is 29.9 Å². The summed E-state index contributed by atoms with van der Waals surface area (Å²) in [4.78, 5) is 36.5. The minimum Gasteiger partial charge on any atom is -0.364 e. The molecular weight excluding hydrogens is 368 g/mol. The van der Waals surface area contributed by atoms with Gasteiger partial charge < -0.3 is 11.1 Å². The largest absolute Gasteiger partial charge is 0.364 e. The number of carbonyl (C=O) groups is 2. The summed E-state index contributed by atoms with van der Waals surface area (Å²) in [6, 6.07) is 11.2. The highest BCUT2D eigenvalue weighted by Crippen LogP contribution is 2.32. The second-order valence-corrected chi connectivity index (χ2v) is 6.62. The fourth-order valence-corrected chi connectivity index (χ4v) is 3.16. The molecule has 0 radical (unpaired) electrons. The second kappa shape index (κ2) is 7.16. The Kier molecular flexibility index (Phi) is 4.52. The third-order valence-electron chi connectivity index (χ3n) is 4.41. The van der Waals surface area contributed by atoms with Crippen molar-refractivity contribution in [1.82, 2.24) is 19.4 Å². The van der Waals surface area contributed by atoms with E-state index in [1.165, 1.54) is 13.1 Å². The Balaban J connectivity index is 1.94. The summed E-state index contributed by atoms with van der Waals surface area (Å²) < 4.78 is 1.64. The lowest BCUT2D eigenvalue weighted by molar-refractivity contribution is -0.114. The summed E-state index contributed by atoms with van der Waals surface area (Å²) in [5.74, 6) is -0.763. The van der Waals surface area contributed by atoms with Gasteiger partial charge >= 0.3 is 0 Å². The van der Waals surface area contributed by atoms with Gasteiger partial charge in [0.15, 0.2) is 0 Å². The topological polar surface area (TPSA) is 115 Å². The molecule has 8 heteroatoms. The van der Waals surface area contributed by atoms with E-state index in [9.17, 15) is 9.59 Å². The summed E-state index contributed by atoms with van der Waals surface area (Å²) in [6.45, 7) is 3.35. The van der Waals surface area contributed by atoms with Gasteiger partial charge in [-0.3, -0.25) is 24.0 Å². The smallest absolute Gasteiger partial charge is 0.267 e. The lowest BCUT2D eigenvalue weighted by atomic mass is 10.0. The number of hydrogen-bond acceptors (Lipinski definition) is 5. The number of imidazole rings is 1. The number of pyridine rings is 3. The van der Waals surface area contributed by atoms with Crippen LogP contribution in [0.1, 0.15) is 23.1 Å². The van der Waals surface area contributed by atoms with Gasteiger partial charge in [0.25, 0.3) is 5.91 Å². The van der Waals surface area contributed by atoms with Crippen LogP contribution in [0.5, 0.6) is 0 Å². The molecule has 3 N–H and O–H groups in total. The number of nitrogens with two attached hydrogens (primary N) is 1. The highest BCUT2D eigenvalue weighted by molar-refractivity contribution is 5.93. The van der Waals surface area contributed by atoms with Crippen molar-refractivity contribution in [1.29, 1.82) is 0 Å². The molecule has 0 aromatic carbocycles. The molecule has 144 valence electrons. The molecule has 0 spiro atoms. The van der Waals surface area contributed by atoms with Crippen molar-refractivity contribution in [2.75, 3.05) is 5.32 Å². The SMILES string of the molecule is CC(=O)Nc1cnc(-c2cccc(C)n2)c(-c2ccc3ncc(C(N)=O)n3c2)c1. The normalized spacial score (nSPS) is 10.8. The quantitative estimate of drug-likeness (QED) is 0.560. The van der Waals surface area contributed by atoms with Gasteiger partial charge in [-0.15, -0.1) is 0 Å². The number of hydrogen-bond donors (Lipinski definition) is 2. The van der Waals surface area contributed by atoms with E-state index in [0.717, 1.165) is 16.8 Å². The number of nitrogens with zero attached hydrogens (tertiary/aromatic N) is 4. The Morgan fingerprint density at radius 3 is 2.66 bits per heavy atom. The van der Waals surface area contributed by atoms with E-state index in [2.05, 4.69) is 20.3 Å². The van der Waals surface area contributed by atoms with Crippen LogP contribution < -0.4 is 11.1 Å². The average molecular weight is 386 g/mol. The fourth-order valence-electron chi connectivity index (χ4n) is 3.16. The van der Waals surface area contributed by atoms with Gasteiger partial charge in [-0.2, -0.15) is 0 Å². The first-order valence-electron chi connectivity index (χ1n) is 8.91. The third-order valence-corrected chi connectivity index (χ3v) is 4.41. The Bertz CT molecular complexity index is 1260. The maximum atomic E-state index is 11.7. The van der Waals surface area contributed by atoms with E-state index >= 15 is 0 Å². The molecule has 4 aromatic rings. The number of aryl methyl sites for hydroxylation is 1. The Morgan fingerprint density at radius 1 is 1.10 bits per heavy atom. The molecule has 4 rings (SSSR count). The van der Waals surface area contributed by atoms with Crippen molar-refractivity contribution in [2.24, 2.45) is 5.73 Å². The maximum absolute atomic E-state index is 11.7. The second-order valence-electron chi connectivity index (χ2n) is 6.62. The van der Waals surface area contributed by atoms with Crippen molar-refractivity contribution in [3.05, 3.63) is 66.4 Å². The zero-order chi connectivity index (χ0) is 20.5. The van der Waals surface area contributed by atoms with Crippen LogP contribution in [0.3, 0.4) is 0 Å². The minimum atomic E-state index is -0.569. The summed E-state index contributed by atoms with van der Waals surface area (Å²) in [6.07, 6.45) is 4.81. The molecule has 4 heterocycles. The van der Waals surface area contributed by atoms with Crippen molar-refractivity contribution in [3.8, 4) is 22.5 Å². The van der Waals surface area contributed by atoms with Crippen LogP contribution in [0.4, 0.5) is 5.69 Å². The summed E-state index contributed by atoms with van der Waals surface area (Å²) in [5, 5.41) is 2.75. The molecule has 0 atom stereocenters. The molecule has 4 aromatic heterocycles. The molecular formula is C21H18N6O2. The molecule has 2 amide bonds. The summed E-state index contributed by atoms with van der Waals surface area (Å²) in [7, 11) is 0. The molecule has 8 nitrogen and oxygen atoms in total. The average Bonchev–Trinajstić information content (AvgIpc) is 3.11. The number of rotatable bonds is 4. The van der Waals surface area contributed by atoms with Gasteiger partial charge in [-0.25, -0.2) is 4.98 Å². The molecule has 0 bridgehead atoms. The number of anilines is 1. The lowest BCUT2D eigenvalue weighted by Gasteiger charge is -2.12. The van der Waals surface area contributed by atoms with Crippen LogP contribution in [0.15, 0.2) is 55.0 Å². The van der Waals surface area contributed by atoms with E-state index in [1.807, 2.05) is 37.3 Å². The van der Waals surface area contributed by atoms with Crippen LogP contribution in [0.2, 0.25) is 0 Å². The monoisotopic (exact) mass is 386 g/mol. The van der Waals surface area contributed by atoms with Crippen LogP contribution in [0.25, 0.3) is 28.2 Å². The van der Waals surface area contributed by atoms with E-state index in [1.54, 1.807) is 22.9 Å². The van der Waals surface area contributed by atoms with E-state index in [-0.39, 0.29) is 11.6 Å². The van der Waals surface area contributed by atoms with Crippen molar-refractivity contribution < 1.29 is 9.59 Å². The molecule has 0 aliphatic carbocycles.